The van der Waals surface area contributed by atoms with Crippen LogP contribution in [0.15, 0.2) is 22.4 Å². The number of alkyl halides is 2. The second kappa shape index (κ2) is 4.65. The van der Waals surface area contributed by atoms with Crippen LogP contribution < -0.4 is 0 Å². The number of carbonyl (C=O) groups is 1. The predicted molar refractivity (Wildman–Crippen MR) is 67.6 cm³/mol. The van der Waals surface area contributed by atoms with Crippen LogP contribution in [0.3, 0.4) is 0 Å². The van der Waals surface area contributed by atoms with E-state index in [9.17, 15) is 14.3 Å². The minimum absolute atomic E-state index is 0.0660. The topological polar surface area (TPSA) is 66.8 Å². The highest BCUT2D eigenvalue weighted by Crippen LogP contribution is 2.48. The number of aliphatic hydroxyl groups is 1. The average Bonchev–Trinajstić information content (AvgIpc) is 2.20. The fourth-order valence-corrected chi connectivity index (χ4v) is 2.84. The van der Waals surface area contributed by atoms with Crippen molar-refractivity contribution in [3.8, 4) is 0 Å². The Morgan fingerprint density at radius 3 is 2.89 bits per heavy atom. The Balaban J connectivity index is 2.46. The summed E-state index contributed by atoms with van der Waals surface area (Å²) in [7, 11) is 0. The second-order valence-electron chi connectivity index (χ2n) is 4.95. The first-order chi connectivity index (χ1) is 8.64. The van der Waals surface area contributed by atoms with Crippen molar-refractivity contribution in [3.63, 3.8) is 0 Å². The van der Waals surface area contributed by atoms with E-state index in [0.717, 1.165) is 0 Å². The van der Waals surface area contributed by atoms with Gasteiger partial charge in [-0.05, 0) is 13.0 Å². The number of hydrogen-bond donors (Lipinski definition) is 2. The lowest BCUT2D eigenvalue weighted by Gasteiger charge is -2.41. The van der Waals surface area contributed by atoms with Gasteiger partial charge in [0.05, 0.1) is 17.6 Å². The highest BCUT2D eigenvalue weighted by atomic mass is 35.5. The summed E-state index contributed by atoms with van der Waals surface area (Å²) in [5.41, 5.74) is -1.52. The van der Waals surface area contributed by atoms with Crippen molar-refractivity contribution in [3.05, 3.63) is 22.4 Å². The van der Waals surface area contributed by atoms with Gasteiger partial charge in [0.15, 0.2) is 0 Å². The van der Waals surface area contributed by atoms with E-state index >= 15 is 0 Å². The van der Waals surface area contributed by atoms with Gasteiger partial charge in [-0.1, -0.05) is 23.2 Å². The Morgan fingerprint density at radius 2 is 2.32 bits per heavy atom. The summed E-state index contributed by atoms with van der Waals surface area (Å²) >= 11 is 11.3. The number of allylic oxidation sites excluding steroid dienone is 2. The standard InChI is InChI=1S/C12H13Cl2FO4/c1-6-3-11(18,5-10(16)17)7-4-12(14,15)9(13)2-8(7)19-6/h2,6,18H,3-5H2,1H3,(H,16,17)/t6-,11-,12?/m1/s1. The molecule has 1 heterocycles. The van der Waals surface area contributed by atoms with Crippen LogP contribution in [-0.4, -0.2) is 33.0 Å². The summed E-state index contributed by atoms with van der Waals surface area (Å²) in [5, 5.41) is 16.8. The van der Waals surface area contributed by atoms with Crippen molar-refractivity contribution in [1.82, 2.24) is 0 Å². The Morgan fingerprint density at radius 1 is 1.68 bits per heavy atom. The number of halogens is 3. The van der Waals surface area contributed by atoms with Gasteiger partial charge in [-0.25, -0.2) is 4.39 Å². The number of carboxylic acid groups (broad SMARTS) is 1. The fraction of sp³-hybridized carbons (Fsp3) is 0.583. The van der Waals surface area contributed by atoms with Crippen LogP contribution in [0, 0.1) is 0 Å². The molecule has 0 aromatic carbocycles. The normalized spacial score (nSPS) is 38.4. The van der Waals surface area contributed by atoms with Gasteiger partial charge in [0.2, 0.25) is 5.13 Å². The Labute approximate surface area is 119 Å². The predicted octanol–water partition coefficient (Wildman–Crippen LogP) is 2.69. The minimum Gasteiger partial charge on any atom is -0.490 e. The molecule has 1 unspecified atom stereocenters. The van der Waals surface area contributed by atoms with Crippen molar-refractivity contribution >= 4 is 29.2 Å². The molecule has 0 saturated heterocycles. The van der Waals surface area contributed by atoms with Crippen molar-refractivity contribution < 1.29 is 24.1 Å². The number of carboxylic acids is 1. The van der Waals surface area contributed by atoms with Crippen LogP contribution in [0.4, 0.5) is 4.39 Å². The largest absolute Gasteiger partial charge is 0.490 e. The molecule has 3 atom stereocenters. The Bertz CT molecular complexity index is 486. The van der Waals surface area contributed by atoms with Crippen LogP contribution in [0.2, 0.25) is 0 Å². The van der Waals surface area contributed by atoms with Gasteiger partial charge in [0.1, 0.15) is 11.4 Å². The molecule has 0 amide bonds. The number of ether oxygens (including phenoxy) is 1. The van der Waals surface area contributed by atoms with E-state index in [2.05, 4.69) is 0 Å². The molecule has 0 fully saturated rings. The number of aliphatic carboxylic acids is 1. The highest BCUT2D eigenvalue weighted by Gasteiger charge is 2.48. The smallest absolute Gasteiger partial charge is 0.306 e. The average molecular weight is 311 g/mol. The molecule has 4 nitrogen and oxygen atoms in total. The van der Waals surface area contributed by atoms with Crippen LogP contribution in [0.5, 0.6) is 0 Å². The Kier molecular flexibility index (Phi) is 3.58. The maximum atomic E-state index is 14.0. The summed E-state index contributed by atoms with van der Waals surface area (Å²) in [5.74, 6) is -0.968. The second-order valence-corrected chi connectivity index (χ2v) is 5.96. The third-order valence-electron chi connectivity index (χ3n) is 3.26. The molecule has 1 aliphatic carbocycles. The SMILES string of the molecule is C[C@@H]1C[C@@](O)(CC(=O)O)C2=C(C=C(Cl)C(F)(Cl)C2)O1. The summed E-state index contributed by atoms with van der Waals surface area (Å²) < 4.78 is 19.5. The van der Waals surface area contributed by atoms with E-state index in [0.29, 0.717) is 0 Å². The van der Waals surface area contributed by atoms with E-state index in [1.54, 1.807) is 6.92 Å². The highest BCUT2D eigenvalue weighted by molar-refractivity contribution is 6.39. The molecule has 2 aliphatic rings. The van der Waals surface area contributed by atoms with Gasteiger partial charge in [-0.3, -0.25) is 4.79 Å². The van der Waals surface area contributed by atoms with Crippen LogP contribution in [0.25, 0.3) is 0 Å². The maximum absolute atomic E-state index is 14.0. The third-order valence-corrected chi connectivity index (χ3v) is 4.10. The quantitative estimate of drug-likeness (QED) is 0.770. The lowest BCUT2D eigenvalue weighted by atomic mass is 9.78. The molecular weight excluding hydrogens is 298 g/mol. The van der Waals surface area contributed by atoms with Gasteiger partial charge < -0.3 is 14.9 Å². The zero-order valence-corrected chi connectivity index (χ0v) is 11.6. The monoisotopic (exact) mass is 310 g/mol. The molecule has 1 aliphatic heterocycles. The van der Waals surface area contributed by atoms with Gasteiger partial charge in [0, 0.05) is 18.4 Å². The first-order valence-corrected chi connectivity index (χ1v) is 6.49. The maximum Gasteiger partial charge on any atom is 0.306 e. The summed E-state index contributed by atoms with van der Waals surface area (Å²) in [6.45, 7) is 1.69. The van der Waals surface area contributed by atoms with E-state index < -0.39 is 35.6 Å². The van der Waals surface area contributed by atoms with Crippen LogP contribution in [0.1, 0.15) is 26.2 Å². The van der Waals surface area contributed by atoms with Crippen molar-refractivity contribution in [2.45, 2.75) is 43.0 Å². The molecular formula is C12H13Cl2FO4. The van der Waals surface area contributed by atoms with E-state index in [-0.39, 0.29) is 22.8 Å². The fourth-order valence-electron chi connectivity index (χ4n) is 2.49. The van der Waals surface area contributed by atoms with Gasteiger partial charge in [0.25, 0.3) is 0 Å². The van der Waals surface area contributed by atoms with Crippen LogP contribution >= 0.6 is 23.2 Å². The molecule has 0 saturated carbocycles. The summed E-state index contributed by atoms with van der Waals surface area (Å²) in [6, 6.07) is 0. The number of hydrogen-bond acceptors (Lipinski definition) is 3. The van der Waals surface area contributed by atoms with E-state index in [1.165, 1.54) is 6.08 Å². The third kappa shape index (κ3) is 2.73. The Hall–Kier alpha value is -0.780. The minimum atomic E-state index is -2.34. The molecule has 0 radical (unpaired) electrons. The lowest BCUT2D eigenvalue weighted by Crippen LogP contribution is -2.45. The van der Waals surface area contributed by atoms with Crippen molar-refractivity contribution in [2.75, 3.05) is 0 Å². The van der Waals surface area contributed by atoms with E-state index in [4.69, 9.17) is 33.0 Å². The first kappa shape index (κ1) is 14.6. The molecule has 0 aromatic rings. The summed E-state index contributed by atoms with van der Waals surface area (Å²) in [6.07, 6.45) is -0.0497. The van der Waals surface area contributed by atoms with E-state index in [1.807, 2.05) is 0 Å². The van der Waals surface area contributed by atoms with Gasteiger partial charge in [-0.2, -0.15) is 0 Å². The zero-order valence-electron chi connectivity index (χ0n) is 10.1. The molecule has 19 heavy (non-hydrogen) atoms. The number of rotatable bonds is 2. The van der Waals surface area contributed by atoms with Crippen LogP contribution in [-0.2, 0) is 9.53 Å². The summed E-state index contributed by atoms with van der Waals surface area (Å²) in [4.78, 5) is 10.9. The zero-order chi connectivity index (χ0) is 14.4. The van der Waals surface area contributed by atoms with Gasteiger partial charge >= 0.3 is 5.97 Å². The molecule has 0 spiro atoms. The molecule has 2 rings (SSSR count). The van der Waals surface area contributed by atoms with Gasteiger partial charge in [-0.15, -0.1) is 0 Å². The molecule has 106 valence electrons. The first-order valence-electron chi connectivity index (χ1n) is 5.74. The molecule has 0 bridgehead atoms. The molecule has 0 aromatic heterocycles. The van der Waals surface area contributed by atoms with Crippen molar-refractivity contribution in [1.29, 1.82) is 0 Å². The van der Waals surface area contributed by atoms with Crippen molar-refractivity contribution in [2.24, 2.45) is 0 Å². The molecule has 2 N–H and O–H groups in total. The molecule has 7 heteroatoms. The lowest BCUT2D eigenvalue weighted by molar-refractivity contribution is -0.143.